The van der Waals surface area contributed by atoms with Gasteiger partial charge in [-0.15, -0.1) is 0 Å². The summed E-state index contributed by atoms with van der Waals surface area (Å²) < 4.78 is 30.6. The van der Waals surface area contributed by atoms with Gasteiger partial charge in [0.05, 0.1) is 23.4 Å². The van der Waals surface area contributed by atoms with Gasteiger partial charge in [0.1, 0.15) is 5.75 Å². The quantitative estimate of drug-likeness (QED) is 0.543. The number of imidazole rings is 1. The van der Waals surface area contributed by atoms with E-state index in [4.69, 9.17) is 4.74 Å². The van der Waals surface area contributed by atoms with Crippen LogP contribution in [-0.2, 0) is 9.84 Å². The molecule has 136 valence electrons. The highest BCUT2D eigenvalue weighted by atomic mass is 32.2. The minimum Gasteiger partial charge on any atom is -0.497 e. The zero-order valence-electron chi connectivity index (χ0n) is 14.8. The number of rotatable bonds is 4. The van der Waals surface area contributed by atoms with Crippen LogP contribution in [0.25, 0.3) is 28.3 Å². The van der Waals surface area contributed by atoms with Crippen molar-refractivity contribution >= 4 is 15.6 Å². The molecule has 0 fully saturated rings. The van der Waals surface area contributed by atoms with Crippen LogP contribution in [0.5, 0.6) is 5.75 Å². The molecule has 0 aliphatic carbocycles. The van der Waals surface area contributed by atoms with Crippen LogP contribution in [0.3, 0.4) is 0 Å². The first-order valence-corrected chi connectivity index (χ1v) is 10.1. The van der Waals surface area contributed by atoms with E-state index in [1.54, 1.807) is 37.6 Å². The number of aromatic nitrogens is 3. The van der Waals surface area contributed by atoms with E-state index in [0.29, 0.717) is 5.78 Å². The Morgan fingerprint density at radius 2 is 1.63 bits per heavy atom. The molecule has 0 N–H and O–H groups in total. The lowest BCUT2D eigenvalue weighted by Gasteiger charge is -2.07. The summed E-state index contributed by atoms with van der Waals surface area (Å²) in [5.41, 5.74) is 3.39. The van der Waals surface area contributed by atoms with Crippen molar-refractivity contribution < 1.29 is 13.2 Å². The predicted octanol–water partition coefficient (Wildman–Crippen LogP) is 3.48. The van der Waals surface area contributed by atoms with Crippen LogP contribution in [0.15, 0.2) is 71.9 Å². The van der Waals surface area contributed by atoms with Crippen molar-refractivity contribution in [1.29, 1.82) is 0 Å². The summed E-state index contributed by atoms with van der Waals surface area (Å²) in [4.78, 5) is 9.30. The van der Waals surface area contributed by atoms with E-state index in [0.717, 1.165) is 28.3 Å². The summed E-state index contributed by atoms with van der Waals surface area (Å²) in [7, 11) is -1.63. The van der Waals surface area contributed by atoms with Gasteiger partial charge in [-0.2, -0.15) is 0 Å². The van der Waals surface area contributed by atoms with Crippen LogP contribution in [0.4, 0.5) is 0 Å². The second-order valence-electron chi connectivity index (χ2n) is 6.12. The largest absolute Gasteiger partial charge is 0.497 e. The third-order valence-corrected chi connectivity index (χ3v) is 5.45. The van der Waals surface area contributed by atoms with Crippen molar-refractivity contribution in [3.8, 4) is 28.3 Å². The first kappa shape index (κ1) is 17.2. The van der Waals surface area contributed by atoms with E-state index < -0.39 is 9.84 Å². The maximum Gasteiger partial charge on any atom is 0.234 e. The van der Waals surface area contributed by atoms with Gasteiger partial charge in [-0.25, -0.2) is 18.4 Å². The van der Waals surface area contributed by atoms with Crippen molar-refractivity contribution in [3.05, 3.63) is 67.0 Å². The third kappa shape index (κ3) is 3.17. The molecule has 0 unspecified atom stereocenters. The number of methoxy groups -OCH3 is 1. The lowest BCUT2D eigenvalue weighted by molar-refractivity contribution is 0.415. The number of ether oxygens (including phenoxy) is 1. The van der Waals surface area contributed by atoms with Gasteiger partial charge in [0.2, 0.25) is 5.78 Å². The van der Waals surface area contributed by atoms with Crippen molar-refractivity contribution in [2.45, 2.75) is 4.90 Å². The average Bonchev–Trinajstić information content (AvgIpc) is 3.07. The molecule has 0 amide bonds. The molecule has 7 heteroatoms. The molecule has 2 aromatic heterocycles. The van der Waals surface area contributed by atoms with Gasteiger partial charge in [-0.3, -0.25) is 4.40 Å². The van der Waals surface area contributed by atoms with Crippen LogP contribution in [0.1, 0.15) is 0 Å². The van der Waals surface area contributed by atoms with Gasteiger partial charge in [-0.1, -0.05) is 12.1 Å². The topological polar surface area (TPSA) is 73.6 Å². The predicted molar refractivity (Wildman–Crippen MR) is 104 cm³/mol. The molecule has 0 saturated heterocycles. The molecule has 4 aromatic rings. The summed E-state index contributed by atoms with van der Waals surface area (Å²) in [6.45, 7) is 0. The minimum absolute atomic E-state index is 0.282. The normalized spacial score (nSPS) is 11.6. The molecule has 4 rings (SSSR count). The minimum atomic E-state index is -3.25. The summed E-state index contributed by atoms with van der Waals surface area (Å²) in [5.74, 6) is 1.34. The van der Waals surface area contributed by atoms with Crippen LogP contribution in [-0.4, -0.2) is 36.2 Å². The van der Waals surface area contributed by atoms with E-state index in [1.165, 1.54) is 6.26 Å². The molecule has 0 atom stereocenters. The standard InChI is InChI=1S/C20H17N3O3S/c1-26-16-8-4-14(5-9-16)18-19(23-13-3-12-21-20(23)22-18)15-6-10-17(11-7-15)27(2,24)25/h3-13H,1-2H3. The highest BCUT2D eigenvalue weighted by molar-refractivity contribution is 7.90. The van der Waals surface area contributed by atoms with Gasteiger partial charge in [0.15, 0.2) is 9.84 Å². The highest BCUT2D eigenvalue weighted by Crippen LogP contribution is 2.33. The van der Waals surface area contributed by atoms with E-state index in [-0.39, 0.29) is 4.90 Å². The van der Waals surface area contributed by atoms with Crippen molar-refractivity contribution in [2.24, 2.45) is 0 Å². The fraction of sp³-hybridized carbons (Fsp3) is 0.100. The molecule has 2 aromatic carbocycles. The summed E-state index contributed by atoms with van der Waals surface area (Å²) >= 11 is 0. The van der Waals surface area contributed by atoms with Gasteiger partial charge < -0.3 is 4.74 Å². The second-order valence-corrected chi connectivity index (χ2v) is 8.14. The molecular weight excluding hydrogens is 362 g/mol. The molecule has 0 bridgehead atoms. The van der Waals surface area contributed by atoms with Gasteiger partial charge in [0, 0.05) is 29.8 Å². The molecular formula is C20H17N3O3S. The Morgan fingerprint density at radius 3 is 2.26 bits per heavy atom. The zero-order valence-corrected chi connectivity index (χ0v) is 15.6. The Kier molecular flexibility index (Phi) is 4.16. The molecule has 0 saturated carbocycles. The molecule has 27 heavy (non-hydrogen) atoms. The van der Waals surface area contributed by atoms with E-state index in [2.05, 4.69) is 9.97 Å². The monoisotopic (exact) mass is 379 g/mol. The highest BCUT2D eigenvalue weighted by Gasteiger charge is 2.17. The van der Waals surface area contributed by atoms with E-state index in [1.807, 2.05) is 40.9 Å². The molecule has 0 aliphatic heterocycles. The van der Waals surface area contributed by atoms with Gasteiger partial charge >= 0.3 is 0 Å². The number of benzene rings is 2. The molecule has 0 radical (unpaired) electrons. The number of hydrogen-bond acceptors (Lipinski definition) is 5. The summed E-state index contributed by atoms with van der Waals surface area (Å²) in [6, 6.07) is 16.3. The zero-order chi connectivity index (χ0) is 19.0. The van der Waals surface area contributed by atoms with E-state index in [9.17, 15) is 8.42 Å². The maximum atomic E-state index is 11.8. The number of hydrogen-bond donors (Lipinski definition) is 0. The van der Waals surface area contributed by atoms with Crippen molar-refractivity contribution in [1.82, 2.24) is 14.4 Å². The molecule has 2 heterocycles. The van der Waals surface area contributed by atoms with Crippen molar-refractivity contribution in [2.75, 3.05) is 13.4 Å². The lowest BCUT2D eigenvalue weighted by atomic mass is 10.0. The fourth-order valence-electron chi connectivity index (χ4n) is 2.97. The Morgan fingerprint density at radius 1 is 0.963 bits per heavy atom. The van der Waals surface area contributed by atoms with Crippen LogP contribution in [0.2, 0.25) is 0 Å². The number of nitrogens with zero attached hydrogens (tertiary/aromatic N) is 3. The van der Waals surface area contributed by atoms with E-state index >= 15 is 0 Å². The average molecular weight is 379 g/mol. The van der Waals surface area contributed by atoms with Crippen LogP contribution >= 0.6 is 0 Å². The molecule has 6 nitrogen and oxygen atoms in total. The van der Waals surface area contributed by atoms with Crippen LogP contribution < -0.4 is 4.74 Å². The first-order chi connectivity index (χ1) is 13.0. The summed E-state index contributed by atoms with van der Waals surface area (Å²) in [5, 5.41) is 0. The smallest absolute Gasteiger partial charge is 0.234 e. The van der Waals surface area contributed by atoms with Crippen molar-refractivity contribution in [3.63, 3.8) is 0 Å². The molecule has 0 aliphatic rings. The maximum absolute atomic E-state index is 11.8. The Hall–Kier alpha value is -3.19. The Bertz CT molecular complexity index is 1210. The number of fused-ring (bicyclic) bond motifs is 1. The van der Waals surface area contributed by atoms with Gasteiger partial charge in [0.25, 0.3) is 0 Å². The summed E-state index contributed by atoms with van der Waals surface area (Å²) in [6.07, 6.45) is 4.78. The molecule has 0 spiro atoms. The van der Waals surface area contributed by atoms with Gasteiger partial charge in [-0.05, 0) is 42.5 Å². The fourth-order valence-corrected chi connectivity index (χ4v) is 3.60. The number of sulfone groups is 1. The first-order valence-electron chi connectivity index (χ1n) is 8.25. The second kappa shape index (κ2) is 6.51. The SMILES string of the molecule is COc1ccc(-c2nc3ncccn3c2-c2ccc(S(C)(=O)=O)cc2)cc1. The Labute approximate surface area is 157 Å². The Balaban J connectivity index is 1.93. The van der Waals surface area contributed by atoms with Crippen LogP contribution in [0, 0.1) is 0 Å². The lowest BCUT2D eigenvalue weighted by Crippen LogP contribution is -1.97. The third-order valence-electron chi connectivity index (χ3n) is 4.32.